The zero-order valence-corrected chi connectivity index (χ0v) is 9.62. The van der Waals surface area contributed by atoms with Crippen molar-refractivity contribution in [3.05, 3.63) is 11.7 Å². The van der Waals surface area contributed by atoms with Gasteiger partial charge in [0.25, 0.3) is 0 Å². The Labute approximate surface area is 88.8 Å². The smallest absolute Gasteiger partial charge is 0.231 e. The van der Waals surface area contributed by atoms with Gasteiger partial charge in [-0.2, -0.15) is 4.98 Å². The molecule has 1 unspecified atom stereocenters. The van der Waals surface area contributed by atoms with E-state index in [1.165, 1.54) is 0 Å². The van der Waals surface area contributed by atoms with Crippen molar-refractivity contribution in [1.82, 2.24) is 10.1 Å². The van der Waals surface area contributed by atoms with Gasteiger partial charge in [-0.15, -0.1) is 0 Å². The van der Waals surface area contributed by atoms with E-state index in [1.54, 1.807) is 0 Å². The fourth-order valence-corrected chi connectivity index (χ4v) is 1.75. The molecule has 1 aromatic rings. The number of aromatic nitrogens is 2. The number of sulfone groups is 1. The van der Waals surface area contributed by atoms with Crippen LogP contribution in [0.4, 0.5) is 0 Å². The molecule has 0 saturated heterocycles. The Balaban J connectivity index is 2.80. The topological polar surface area (TPSA) is 99.1 Å². The summed E-state index contributed by atoms with van der Waals surface area (Å²) in [5.74, 6) is 0.418. The maximum Gasteiger partial charge on any atom is 0.231 e. The van der Waals surface area contributed by atoms with E-state index >= 15 is 0 Å². The summed E-state index contributed by atoms with van der Waals surface area (Å²) in [5, 5.41) is 3.60. The van der Waals surface area contributed by atoms with E-state index in [1.807, 2.05) is 6.92 Å². The molecule has 0 fully saturated rings. The molecule has 0 bridgehead atoms. The highest BCUT2D eigenvalue weighted by Crippen LogP contribution is 2.16. The fourth-order valence-electron chi connectivity index (χ4n) is 1.17. The number of hydrogen-bond donors (Lipinski definition) is 1. The summed E-state index contributed by atoms with van der Waals surface area (Å²) in [5.41, 5.74) is 5.51. The highest BCUT2D eigenvalue weighted by atomic mass is 32.2. The largest absolute Gasteiger partial charge is 0.339 e. The Hall–Kier alpha value is -0.950. The van der Waals surface area contributed by atoms with Crippen LogP contribution in [0.25, 0.3) is 0 Å². The van der Waals surface area contributed by atoms with E-state index in [9.17, 15) is 8.42 Å². The number of rotatable bonds is 5. The molecule has 0 aliphatic heterocycles. The van der Waals surface area contributed by atoms with Crippen molar-refractivity contribution >= 4 is 9.84 Å². The van der Waals surface area contributed by atoms with Crippen LogP contribution in [0.15, 0.2) is 4.52 Å². The van der Waals surface area contributed by atoms with E-state index in [2.05, 4.69) is 10.1 Å². The van der Waals surface area contributed by atoms with Crippen LogP contribution in [0.1, 0.15) is 31.0 Å². The Morgan fingerprint density at radius 2 is 2.20 bits per heavy atom. The lowest BCUT2D eigenvalue weighted by atomic mass is 10.1. The molecule has 86 valence electrons. The summed E-state index contributed by atoms with van der Waals surface area (Å²) in [6.07, 6.45) is 1.92. The number of hydrogen-bond acceptors (Lipinski definition) is 6. The van der Waals surface area contributed by atoms with E-state index in [-0.39, 0.29) is 17.5 Å². The standard InChI is InChI=1S/C8H15N3O3S/c1-3-6(4-9)8-10-7(11-14-8)5-15(2,12)13/h6H,3-5,9H2,1-2H3. The van der Waals surface area contributed by atoms with Crippen LogP contribution in [-0.4, -0.2) is 31.4 Å². The molecule has 15 heavy (non-hydrogen) atoms. The second-order valence-corrected chi connectivity index (χ2v) is 5.60. The summed E-state index contributed by atoms with van der Waals surface area (Å²) in [4.78, 5) is 4.00. The minimum atomic E-state index is -3.12. The second-order valence-electron chi connectivity index (χ2n) is 3.46. The predicted octanol–water partition coefficient (Wildman–Crippen LogP) is 0.0665. The maximum atomic E-state index is 11.0. The highest BCUT2D eigenvalue weighted by molar-refractivity contribution is 7.89. The zero-order valence-electron chi connectivity index (χ0n) is 8.80. The van der Waals surface area contributed by atoms with Gasteiger partial charge < -0.3 is 10.3 Å². The minimum absolute atomic E-state index is 0.00538. The lowest BCUT2D eigenvalue weighted by Crippen LogP contribution is -2.12. The summed E-state index contributed by atoms with van der Waals surface area (Å²) in [6, 6.07) is 0. The Morgan fingerprint density at radius 1 is 1.53 bits per heavy atom. The van der Waals surface area contributed by atoms with Crippen LogP contribution in [0.5, 0.6) is 0 Å². The van der Waals surface area contributed by atoms with Gasteiger partial charge in [0, 0.05) is 12.8 Å². The third-order valence-corrected chi connectivity index (χ3v) is 2.78. The van der Waals surface area contributed by atoms with Crippen molar-refractivity contribution in [2.45, 2.75) is 25.0 Å². The fraction of sp³-hybridized carbons (Fsp3) is 0.750. The molecular formula is C8H15N3O3S. The molecule has 1 rings (SSSR count). The minimum Gasteiger partial charge on any atom is -0.339 e. The van der Waals surface area contributed by atoms with Crippen molar-refractivity contribution in [2.75, 3.05) is 12.8 Å². The van der Waals surface area contributed by atoms with Crippen LogP contribution in [-0.2, 0) is 15.6 Å². The van der Waals surface area contributed by atoms with E-state index in [0.29, 0.717) is 12.4 Å². The Morgan fingerprint density at radius 3 is 2.67 bits per heavy atom. The van der Waals surface area contributed by atoms with Crippen molar-refractivity contribution in [3.8, 4) is 0 Å². The van der Waals surface area contributed by atoms with Gasteiger partial charge in [-0.1, -0.05) is 12.1 Å². The molecule has 0 amide bonds. The zero-order chi connectivity index (χ0) is 11.5. The number of nitrogens with zero attached hydrogens (tertiary/aromatic N) is 2. The molecule has 6 nitrogen and oxygen atoms in total. The Kier molecular flexibility index (Phi) is 3.81. The first-order valence-corrected chi connectivity index (χ1v) is 6.72. The van der Waals surface area contributed by atoms with Crippen molar-refractivity contribution in [1.29, 1.82) is 0 Å². The summed E-state index contributed by atoms with van der Waals surface area (Å²) in [7, 11) is -3.12. The van der Waals surface area contributed by atoms with E-state index in [0.717, 1.165) is 12.7 Å². The third kappa shape index (κ3) is 3.60. The lowest BCUT2D eigenvalue weighted by Gasteiger charge is -2.04. The summed E-state index contributed by atoms with van der Waals surface area (Å²) < 4.78 is 26.9. The molecular weight excluding hydrogens is 218 g/mol. The Bertz CT molecular complexity index is 409. The van der Waals surface area contributed by atoms with Crippen LogP contribution < -0.4 is 5.73 Å². The average molecular weight is 233 g/mol. The predicted molar refractivity (Wildman–Crippen MR) is 54.9 cm³/mol. The van der Waals surface area contributed by atoms with Gasteiger partial charge in [-0.05, 0) is 6.42 Å². The monoisotopic (exact) mass is 233 g/mol. The van der Waals surface area contributed by atoms with Crippen LogP contribution in [0.3, 0.4) is 0 Å². The lowest BCUT2D eigenvalue weighted by molar-refractivity contribution is 0.348. The van der Waals surface area contributed by atoms with Crippen molar-refractivity contribution in [3.63, 3.8) is 0 Å². The quantitative estimate of drug-likeness (QED) is 0.772. The molecule has 7 heteroatoms. The van der Waals surface area contributed by atoms with Crippen LogP contribution >= 0.6 is 0 Å². The van der Waals surface area contributed by atoms with Gasteiger partial charge in [0.2, 0.25) is 5.89 Å². The van der Waals surface area contributed by atoms with Crippen molar-refractivity contribution < 1.29 is 12.9 Å². The van der Waals surface area contributed by atoms with Gasteiger partial charge in [0.05, 0.1) is 5.92 Å². The third-order valence-electron chi connectivity index (χ3n) is 2.00. The molecule has 0 aliphatic rings. The average Bonchev–Trinajstić information content (AvgIpc) is 2.52. The molecule has 0 spiro atoms. The van der Waals surface area contributed by atoms with Gasteiger partial charge in [0.15, 0.2) is 15.7 Å². The molecule has 2 N–H and O–H groups in total. The van der Waals surface area contributed by atoms with Gasteiger partial charge in [-0.25, -0.2) is 8.42 Å². The SMILES string of the molecule is CCC(CN)c1nc(CS(C)(=O)=O)no1. The highest BCUT2D eigenvalue weighted by Gasteiger charge is 2.17. The molecule has 1 atom stereocenters. The van der Waals surface area contributed by atoms with E-state index < -0.39 is 9.84 Å². The molecule has 0 aromatic carbocycles. The van der Waals surface area contributed by atoms with Crippen molar-refractivity contribution in [2.24, 2.45) is 5.73 Å². The molecule has 1 heterocycles. The first-order valence-electron chi connectivity index (χ1n) is 4.66. The summed E-state index contributed by atoms with van der Waals surface area (Å²) >= 11 is 0. The van der Waals surface area contributed by atoms with Gasteiger partial charge in [-0.3, -0.25) is 0 Å². The summed E-state index contributed by atoms with van der Waals surface area (Å²) in [6.45, 7) is 2.37. The second kappa shape index (κ2) is 4.71. The van der Waals surface area contributed by atoms with Gasteiger partial charge >= 0.3 is 0 Å². The molecule has 0 radical (unpaired) electrons. The molecule has 0 saturated carbocycles. The van der Waals surface area contributed by atoms with E-state index in [4.69, 9.17) is 10.3 Å². The maximum absolute atomic E-state index is 11.0. The first-order chi connectivity index (χ1) is 6.96. The molecule has 0 aliphatic carbocycles. The van der Waals surface area contributed by atoms with Crippen LogP contribution in [0.2, 0.25) is 0 Å². The first kappa shape index (κ1) is 12.1. The molecule has 1 aromatic heterocycles. The normalized spacial score (nSPS) is 14.1. The number of nitrogens with two attached hydrogens (primary N) is 1. The van der Waals surface area contributed by atoms with Crippen LogP contribution in [0, 0.1) is 0 Å². The van der Waals surface area contributed by atoms with Gasteiger partial charge in [0.1, 0.15) is 5.75 Å².